The van der Waals surface area contributed by atoms with E-state index >= 15 is 0 Å². The lowest BCUT2D eigenvalue weighted by atomic mass is 9.69. The van der Waals surface area contributed by atoms with Crippen molar-refractivity contribution in [2.75, 3.05) is 0 Å². The molecule has 0 saturated heterocycles. The molecule has 6 aliphatic rings. The van der Waals surface area contributed by atoms with Gasteiger partial charge >= 0.3 is 0 Å². The van der Waals surface area contributed by atoms with E-state index in [-0.39, 0.29) is 22.9 Å². The molecule has 1 aliphatic heterocycles. The molecule has 54 heavy (non-hydrogen) atoms. The minimum Gasteiger partial charge on any atom is -0.374 e. The van der Waals surface area contributed by atoms with Crippen molar-refractivity contribution in [1.82, 2.24) is 10.6 Å². The van der Waals surface area contributed by atoms with E-state index in [1.165, 1.54) is 78.2 Å². The highest BCUT2D eigenvalue weighted by molar-refractivity contribution is 5.94. The van der Waals surface area contributed by atoms with E-state index < -0.39 is 0 Å². The standard InChI is InChI=1S/C52H50N2/c1-51(2)43-26-15-14-23-39(43)41-31-42-40-25-16-24-38(46(40)52(3,4)45(42)32-44(41)51)33-27-29-37(30-28-33)50-49(36-21-12-7-13-22-36)53-47(34-17-8-5-9-18-34)48(54-50)35-19-10-6-11-20-35/h5-6,8-12,14-27,29,31-32,41,44,47-48,53-54H,7,13,28,30H2,1-4H3. The molecule has 4 aromatic carbocycles. The molecule has 2 nitrogen and oxygen atoms in total. The molecule has 1 heterocycles. The van der Waals surface area contributed by atoms with Crippen LogP contribution in [-0.2, 0) is 10.8 Å². The van der Waals surface area contributed by atoms with Gasteiger partial charge in [0.25, 0.3) is 0 Å². The van der Waals surface area contributed by atoms with Gasteiger partial charge in [-0.3, -0.25) is 0 Å². The van der Waals surface area contributed by atoms with Crippen LogP contribution >= 0.6 is 0 Å². The van der Waals surface area contributed by atoms with E-state index in [9.17, 15) is 0 Å². The monoisotopic (exact) mass is 702 g/mol. The van der Waals surface area contributed by atoms with Crippen molar-refractivity contribution in [3.8, 4) is 0 Å². The number of nitrogens with one attached hydrogen (secondary N) is 2. The summed E-state index contributed by atoms with van der Waals surface area (Å²) in [6.07, 6.45) is 21.4. The van der Waals surface area contributed by atoms with Gasteiger partial charge in [-0.1, -0.05) is 173 Å². The van der Waals surface area contributed by atoms with Crippen LogP contribution in [0.4, 0.5) is 0 Å². The lowest BCUT2D eigenvalue weighted by molar-refractivity contribution is 0.390. The maximum absolute atomic E-state index is 4.14. The van der Waals surface area contributed by atoms with Crippen molar-refractivity contribution in [2.45, 2.75) is 82.2 Å². The second-order valence-corrected chi connectivity index (χ2v) is 17.2. The topological polar surface area (TPSA) is 24.1 Å². The fourth-order valence-electron chi connectivity index (χ4n) is 10.7. The zero-order valence-corrected chi connectivity index (χ0v) is 32.0. The van der Waals surface area contributed by atoms with Crippen LogP contribution in [0.5, 0.6) is 0 Å². The van der Waals surface area contributed by atoms with Gasteiger partial charge < -0.3 is 10.6 Å². The van der Waals surface area contributed by atoms with E-state index in [0.29, 0.717) is 11.8 Å². The summed E-state index contributed by atoms with van der Waals surface area (Å²) in [5.41, 5.74) is 19.5. The third-order valence-corrected chi connectivity index (χ3v) is 13.5. The Morgan fingerprint density at radius 1 is 0.611 bits per heavy atom. The molecule has 0 fully saturated rings. The quantitative estimate of drug-likeness (QED) is 0.216. The lowest BCUT2D eigenvalue weighted by Gasteiger charge is -2.40. The minimum absolute atomic E-state index is 0.0713. The van der Waals surface area contributed by atoms with Gasteiger partial charge in [0.05, 0.1) is 23.5 Å². The summed E-state index contributed by atoms with van der Waals surface area (Å²) in [5, 5.41) is 8.25. The van der Waals surface area contributed by atoms with Gasteiger partial charge in [-0.25, -0.2) is 0 Å². The Balaban J connectivity index is 1.05. The molecular weight excluding hydrogens is 653 g/mol. The fourth-order valence-corrected chi connectivity index (χ4v) is 10.7. The second kappa shape index (κ2) is 12.6. The molecule has 0 saturated carbocycles. The summed E-state index contributed by atoms with van der Waals surface area (Å²) < 4.78 is 0. The average molecular weight is 703 g/mol. The largest absolute Gasteiger partial charge is 0.374 e. The molecule has 2 N–H and O–H groups in total. The normalized spacial score (nSPS) is 25.7. The van der Waals surface area contributed by atoms with Crippen LogP contribution in [0.1, 0.15) is 110 Å². The lowest BCUT2D eigenvalue weighted by Crippen LogP contribution is -2.42. The molecule has 0 amide bonds. The molecule has 268 valence electrons. The number of allylic oxidation sites excluding steroid dienone is 11. The minimum atomic E-state index is -0.0713. The highest BCUT2D eigenvalue weighted by Gasteiger charge is 2.50. The Labute approximate surface area is 321 Å². The van der Waals surface area contributed by atoms with E-state index in [0.717, 1.165) is 25.7 Å². The number of fused-ring (bicyclic) bond motifs is 6. The zero-order chi connectivity index (χ0) is 36.6. The Morgan fingerprint density at radius 3 is 1.94 bits per heavy atom. The van der Waals surface area contributed by atoms with Crippen LogP contribution in [0.2, 0.25) is 0 Å². The van der Waals surface area contributed by atoms with E-state index in [4.69, 9.17) is 0 Å². The maximum Gasteiger partial charge on any atom is 0.0758 e. The highest BCUT2D eigenvalue weighted by atomic mass is 15.1. The van der Waals surface area contributed by atoms with Gasteiger partial charge in [-0.05, 0) is 104 Å². The summed E-state index contributed by atoms with van der Waals surface area (Å²) in [4.78, 5) is 0. The van der Waals surface area contributed by atoms with Crippen molar-refractivity contribution < 1.29 is 0 Å². The van der Waals surface area contributed by atoms with Gasteiger partial charge in [0.1, 0.15) is 0 Å². The third kappa shape index (κ3) is 5.13. The Kier molecular flexibility index (Phi) is 7.77. The van der Waals surface area contributed by atoms with Crippen molar-refractivity contribution in [3.05, 3.63) is 213 Å². The van der Waals surface area contributed by atoms with Gasteiger partial charge in [-0.2, -0.15) is 0 Å². The first-order valence-corrected chi connectivity index (χ1v) is 20.1. The van der Waals surface area contributed by atoms with Gasteiger partial charge in [0.2, 0.25) is 0 Å². The summed E-state index contributed by atoms with van der Waals surface area (Å²) in [6.45, 7) is 9.84. The van der Waals surface area contributed by atoms with Crippen LogP contribution in [0.3, 0.4) is 0 Å². The second-order valence-electron chi connectivity index (χ2n) is 17.2. The molecule has 2 heteroatoms. The number of benzene rings is 4. The van der Waals surface area contributed by atoms with Gasteiger partial charge in [0.15, 0.2) is 0 Å². The summed E-state index contributed by atoms with van der Waals surface area (Å²) in [7, 11) is 0. The Hall–Kier alpha value is -5.34. The molecule has 10 rings (SSSR count). The molecule has 4 aromatic rings. The van der Waals surface area contributed by atoms with Crippen molar-refractivity contribution in [2.24, 2.45) is 5.92 Å². The molecule has 0 aromatic heterocycles. The third-order valence-electron chi connectivity index (χ3n) is 13.5. The number of hydrogen-bond donors (Lipinski definition) is 2. The summed E-state index contributed by atoms with van der Waals surface area (Å²) in [5.74, 6) is 0.897. The van der Waals surface area contributed by atoms with Crippen LogP contribution < -0.4 is 10.6 Å². The predicted octanol–water partition coefficient (Wildman–Crippen LogP) is 12.3. The van der Waals surface area contributed by atoms with Crippen LogP contribution in [0.25, 0.3) is 11.1 Å². The van der Waals surface area contributed by atoms with Gasteiger partial charge in [-0.15, -0.1) is 0 Å². The zero-order valence-electron chi connectivity index (χ0n) is 32.0. The van der Waals surface area contributed by atoms with Crippen LogP contribution in [0.15, 0.2) is 174 Å². The number of hydrogen-bond acceptors (Lipinski definition) is 2. The molecular formula is C52H50N2. The number of rotatable bonds is 5. The SMILES string of the molecule is CC1(C)C2=CC3C(C=C2c2cccc(C4=CC=C(C5=C(C6=CCCC=C6)NC(c6ccccc6)C(c6ccccc6)N5)CC4)c21)c1ccccc1C3(C)C. The Morgan fingerprint density at radius 2 is 1.26 bits per heavy atom. The Bertz CT molecular complexity index is 2390. The maximum atomic E-state index is 4.14. The van der Waals surface area contributed by atoms with Crippen molar-refractivity contribution >= 4 is 11.1 Å². The first-order chi connectivity index (χ1) is 26.3. The smallest absolute Gasteiger partial charge is 0.0758 e. The van der Waals surface area contributed by atoms with Crippen LogP contribution in [-0.4, -0.2) is 0 Å². The molecule has 0 bridgehead atoms. The van der Waals surface area contributed by atoms with Crippen molar-refractivity contribution in [1.29, 1.82) is 0 Å². The van der Waals surface area contributed by atoms with E-state index in [1.807, 2.05) is 0 Å². The molecule has 4 atom stereocenters. The van der Waals surface area contributed by atoms with Gasteiger partial charge in [0, 0.05) is 11.3 Å². The molecule has 0 spiro atoms. The van der Waals surface area contributed by atoms with Crippen LogP contribution in [0, 0.1) is 5.92 Å². The molecule has 5 aliphatic carbocycles. The summed E-state index contributed by atoms with van der Waals surface area (Å²) >= 11 is 0. The predicted molar refractivity (Wildman–Crippen MR) is 225 cm³/mol. The molecule has 0 radical (unpaired) electrons. The first-order valence-electron chi connectivity index (χ1n) is 20.1. The van der Waals surface area contributed by atoms with Crippen molar-refractivity contribution in [3.63, 3.8) is 0 Å². The average Bonchev–Trinajstić information content (AvgIpc) is 3.60. The highest BCUT2D eigenvalue weighted by Crippen LogP contribution is 2.61. The fraction of sp³-hybridized carbons (Fsp3) is 0.269. The van der Waals surface area contributed by atoms with E-state index in [2.05, 4.69) is 184 Å². The molecule has 4 unspecified atom stereocenters. The summed E-state index contributed by atoms with van der Waals surface area (Å²) in [6, 6.07) is 38.3. The van der Waals surface area contributed by atoms with E-state index in [1.54, 1.807) is 0 Å². The first kappa shape index (κ1) is 33.2.